The van der Waals surface area contributed by atoms with Crippen molar-refractivity contribution in [2.24, 2.45) is 0 Å². The Labute approximate surface area is 198 Å². The van der Waals surface area contributed by atoms with Gasteiger partial charge in [0.1, 0.15) is 0 Å². The van der Waals surface area contributed by atoms with Gasteiger partial charge in [-0.25, -0.2) is 9.59 Å². The van der Waals surface area contributed by atoms with Gasteiger partial charge >= 0.3 is 35.8 Å². The molecule has 0 aromatic rings. The van der Waals surface area contributed by atoms with Crippen LogP contribution in [-0.4, -0.2) is 93.3 Å². The van der Waals surface area contributed by atoms with Gasteiger partial charge < -0.3 is 46.3 Å². The molecule has 0 aliphatic heterocycles. The van der Waals surface area contributed by atoms with E-state index in [1.165, 1.54) is 0 Å². The van der Waals surface area contributed by atoms with E-state index in [-0.39, 0.29) is 55.8 Å². The average Bonchev–Trinajstić information content (AvgIpc) is 2.34. The molecule has 0 spiro atoms. The molecular formula is C12H18Co3O15. The van der Waals surface area contributed by atoms with Crippen LogP contribution in [0.3, 0.4) is 0 Å². The molecule has 3 radical (unpaired) electrons. The van der Waals surface area contributed by atoms with Crippen LogP contribution in [0.1, 0.15) is 25.7 Å². The topological polar surface area (TPSA) is 296 Å². The first-order chi connectivity index (χ1) is 11.6. The van der Waals surface area contributed by atoms with Gasteiger partial charge in [0, 0.05) is 50.3 Å². The molecule has 0 amide bonds. The maximum absolute atomic E-state index is 10.3. The Hall–Kier alpha value is -1.78. The Bertz CT molecular complexity index is 522. The summed E-state index contributed by atoms with van der Waals surface area (Å²) in [5.41, 5.74) is -5.48. The standard InChI is InChI=1S/2C6H8O7.3Co.H2O/c2*7-3(8)1-6(13,5(11)12)2-4(9)10;;;;/h2*13H,1-2H2,(H,7,8)(H,9,10)(H,11,12);;;;1H2. The molecule has 183 valence electrons. The summed E-state index contributed by atoms with van der Waals surface area (Å²) in [5.74, 6) is -10.0. The van der Waals surface area contributed by atoms with Gasteiger partial charge in [0.15, 0.2) is 11.2 Å². The third-order valence-corrected chi connectivity index (χ3v) is 2.57. The Morgan fingerprint density at radius 3 is 0.667 bits per heavy atom. The van der Waals surface area contributed by atoms with Crippen molar-refractivity contribution in [3.8, 4) is 0 Å². The van der Waals surface area contributed by atoms with Crippen molar-refractivity contribution in [1.29, 1.82) is 0 Å². The fourth-order valence-electron chi connectivity index (χ4n) is 1.43. The van der Waals surface area contributed by atoms with Crippen LogP contribution in [0.2, 0.25) is 0 Å². The van der Waals surface area contributed by atoms with Gasteiger partial charge in [0.2, 0.25) is 0 Å². The number of carbonyl (C=O) groups is 6. The molecule has 0 fully saturated rings. The zero-order valence-electron chi connectivity index (χ0n) is 14.4. The molecular weight excluding hydrogens is 561 g/mol. The van der Waals surface area contributed by atoms with Gasteiger partial charge in [-0.3, -0.25) is 19.2 Å². The van der Waals surface area contributed by atoms with Gasteiger partial charge in [0.05, 0.1) is 25.7 Å². The second-order valence-corrected chi connectivity index (χ2v) is 4.96. The minimum Gasteiger partial charge on any atom is -0.481 e. The zero-order chi connectivity index (χ0) is 21.3. The third-order valence-electron chi connectivity index (χ3n) is 2.57. The minimum absolute atomic E-state index is 0. The number of rotatable bonds is 10. The van der Waals surface area contributed by atoms with Crippen molar-refractivity contribution >= 4 is 35.8 Å². The van der Waals surface area contributed by atoms with E-state index in [2.05, 4.69) is 0 Å². The average molecular weight is 579 g/mol. The summed E-state index contributed by atoms with van der Waals surface area (Å²) in [4.78, 5) is 61.0. The third kappa shape index (κ3) is 18.3. The normalized spacial score (nSPS) is 9.40. The first-order valence-electron chi connectivity index (χ1n) is 6.34. The molecule has 0 saturated carbocycles. The molecule has 0 aromatic heterocycles. The largest absolute Gasteiger partial charge is 0.481 e. The van der Waals surface area contributed by atoms with Crippen LogP contribution >= 0.6 is 0 Å². The summed E-state index contributed by atoms with van der Waals surface area (Å²) < 4.78 is 0. The van der Waals surface area contributed by atoms with Crippen LogP contribution in [0.15, 0.2) is 0 Å². The van der Waals surface area contributed by atoms with Crippen molar-refractivity contribution in [2.45, 2.75) is 36.9 Å². The zero-order valence-corrected chi connectivity index (χ0v) is 17.5. The van der Waals surface area contributed by atoms with E-state index < -0.39 is 72.7 Å². The minimum atomic E-state index is -2.74. The van der Waals surface area contributed by atoms with Crippen LogP contribution in [0.25, 0.3) is 0 Å². The Morgan fingerprint density at radius 2 is 0.600 bits per heavy atom. The molecule has 15 nitrogen and oxygen atoms in total. The van der Waals surface area contributed by atoms with E-state index in [0.29, 0.717) is 0 Å². The molecule has 30 heavy (non-hydrogen) atoms. The van der Waals surface area contributed by atoms with Crippen molar-refractivity contribution in [2.75, 3.05) is 0 Å². The number of carboxylic acid groups (broad SMARTS) is 6. The van der Waals surface area contributed by atoms with E-state index in [1.807, 2.05) is 0 Å². The van der Waals surface area contributed by atoms with Crippen molar-refractivity contribution in [3.05, 3.63) is 0 Å². The monoisotopic (exact) mass is 579 g/mol. The molecule has 0 atom stereocenters. The van der Waals surface area contributed by atoms with E-state index >= 15 is 0 Å². The summed E-state index contributed by atoms with van der Waals surface area (Å²) >= 11 is 0. The molecule has 0 aromatic carbocycles. The molecule has 0 saturated heterocycles. The second-order valence-electron chi connectivity index (χ2n) is 4.96. The predicted octanol–water partition coefficient (Wildman–Crippen LogP) is -3.33. The van der Waals surface area contributed by atoms with Gasteiger partial charge in [-0.15, -0.1) is 0 Å². The quantitative estimate of drug-likeness (QED) is 0.126. The molecule has 0 bridgehead atoms. The second kappa shape index (κ2) is 18.0. The van der Waals surface area contributed by atoms with Crippen LogP contribution in [0.4, 0.5) is 0 Å². The maximum atomic E-state index is 10.3. The van der Waals surface area contributed by atoms with Gasteiger partial charge in [0.25, 0.3) is 0 Å². The van der Waals surface area contributed by atoms with Crippen LogP contribution in [0, 0.1) is 0 Å². The van der Waals surface area contributed by atoms with E-state index in [4.69, 9.17) is 40.9 Å². The van der Waals surface area contributed by atoms with Gasteiger partial charge in [-0.05, 0) is 0 Å². The summed E-state index contributed by atoms with van der Waals surface area (Å²) in [5, 5.41) is 67.6. The molecule has 0 rings (SSSR count). The summed E-state index contributed by atoms with van der Waals surface area (Å²) in [6.07, 6.45) is -4.58. The summed E-state index contributed by atoms with van der Waals surface area (Å²) in [6.45, 7) is 0. The predicted molar refractivity (Wildman–Crippen MR) is 77.8 cm³/mol. The molecule has 0 aliphatic rings. The molecule has 0 unspecified atom stereocenters. The van der Waals surface area contributed by atoms with Crippen LogP contribution in [-0.2, 0) is 79.1 Å². The van der Waals surface area contributed by atoms with Crippen molar-refractivity contribution in [1.82, 2.24) is 0 Å². The van der Waals surface area contributed by atoms with Gasteiger partial charge in [-0.1, -0.05) is 0 Å². The summed E-state index contributed by atoms with van der Waals surface area (Å²) in [7, 11) is 0. The molecule has 18 heteroatoms. The molecule has 0 aliphatic carbocycles. The molecule has 0 heterocycles. The first-order valence-corrected chi connectivity index (χ1v) is 6.34. The number of aliphatic carboxylic acids is 6. The van der Waals surface area contributed by atoms with E-state index in [1.54, 1.807) is 0 Å². The number of carboxylic acids is 6. The number of hydrogen-bond donors (Lipinski definition) is 8. The van der Waals surface area contributed by atoms with E-state index in [9.17, 15) is 28.8 Å². The van der Waals surface area contributed by atoms with Crippen LogP contribution < -0.4 is 0 Å². The van der Waals surface area contributed by atoms with E-state index in [0.717, 1.165) is 0 Å². The first kappa shape index (κ1) is 42.3. The van der Waals surface area contributed by atoms with Crippen LogP contribution in [0.5, 0.6) is 0 Å². The Morgan fingerprint density at radius 1 is 0.467 bits per heavy atom. The fourth-order valence-corrected chi connectivity index (χ4v) is 1.43. The van der Waals surface area contributed by atoms with Crippen molar-refractivity contribution in [3.63, 3.8) is 0 Å². The maximum Gasteiger partial charge on any atom is 0.336 e. The number of hydrogen-bond acceptors (Lipinski definition) is 8. The fraction of sp³-hybridized carbons (Fsp3) is 0.500. The van der Waals surface area contributed by atoms with Gasteiger partial charge in [-0.2, -0.15) is 0 Å². The summed E-state index contributed by atoms with van der Waals surface area (Å²) in [6, 6.07) is 0. The Balaban J connectivity index is -0.0000000847. The number of aliphatic hydroxyl groups is 2. The van der Waals surface area contributed by atoms with Crippen molar-refractivity contribution < 1.29 is 125 Å². The Kier molecular flexibility index (Phi) is 25.4. The molecule has 10 N–H and O–H groups in total. The smallest absolute Gasteiger partial charge is 0.336 e. The SMILES string of the molecule is O.O=C(O)CC(O)(CC(=O)O)C(=O)O.O=C(O)CC(O)(CC(=O)O)C(=O)O.[Co].[Co].[Co].